The van der Waals surface area contributed by atoms with Gasteiger partial charge in [-0.2, -0.15) is 5.26 Å². The van der Waals surface area contributed by atoms with Crippen molar-refractivity contribution in [3.05, 3.63) is 0 Å². The van der Waals surface area contributed by atoms with Gasteiger partial charge in [0, 0.05) is 26.2 Å². The van der Waals surface area contributed by atoms with Gasteiger partial charge in [0.2, 0.25) is 0 Å². The van der Waals surface area contributed by atoms with Crippen LogP contribution in [0.3, 0.4) is 0 Å². The predicted molar refractivity (Wildman–Crippen MR) is 82.6 cm³/mol. The highest BCUT2D eigenvalue weighted by molar-refractivity contribution is 5.17. The molecule has 0 aliphatic heterocycles. The maximum absolute atomic E-state index is 9.77. The molecule has 0 aromatic carbocycles. The monoisotopic (exact) mass is 281 g/mol. The van der Waals surface area contributed by atoms with Crippen molar-refractivity contribution in [1.29, 1.82) is 5.26 Å². The van der Waals surface area contributed by atoms with Gasteiger partial charge >= 0.3 is 0 Å². The predicted octanol–water partition coefficient (Wildman–Crippen LogP) is 2.41. The van der Waals surface area contributed by atoms with Crippen LogP contribution in [-0.2, 0) is 4.74 Å². The fourth-order valence-corrected chi connectivity index (χ4v) is 2.66. The molecule has 1 fully saturated rings. The summed E-state index contributed by atoms with van der Waals surface area (Å²) < 4.78 is 5.23. The number of hydrogen-bond acceptors (Lipinski definition) is 4. The highest BCUT2D eigenvalue weighted by atomic mass is 16.5. The summed E-state index contributed by atoms with van der Waals surface area (Å²) in [6.07, 6.45) is 4.53. The molecule has 0 heterocycles. The lowest BCUT2D eigenvalue weighted by Crippen LogP contribution is -2.56. The van der Waals surface area contributed by atoms with Gasteiger partial charge < -0.3 is 4.74 Å². The van der Waals surface area contributed by atoms with E-state index in [-0.39, 0.29) is 5.54 Å². The van der Waals surface area contributed by atoms with Gasteiger partial charge in [-0.3, -0.25) is 10.2 Å². The lowest BCUT2D eigenvalue weighted by Gasteiger charge is -2.37. The van der Waals surface area contributed by atoms with Gasteiger partial charge in [-0.05, 0) is 45.1 Å². The molecule has 20 heavy (non-hydrogen) atoms. The average Bonchev–Trinajstić information content (AvgIpc) is 3.31. The first kappa shape index (κ1) is 17.4. The molecule has 0 spiro atoms. The Morgan fingerprint density at radius 3 is 2.60 bits per heavy atom. The summed E-state index contributed by atoms with van der Waals surface area (Å²) in [6, 6.07) is 3.09. The second-order valence-corrected chi connectivity index (χ2v) is 6.00. The normalized spacial score (nSPS) is 19.6. The third-order valence-electron chi connectivity index (χ3n) is 4.41. The lowest BCUT2D eigenvalue weighted by molar-refractivity contribution is 0.0995. The molecule has 0 bridgehead atoms. The molecule has 0 aromatic heterocycles. The van der Waals surface area contributed by atoms with E-state index in [0.717, 1.165) is 39.1 Å². The van der Waals surface area contributed by atoms with Crippen molar-refractivity contribution in [2.75, 3.05) is 33.4 Å². The lowest BCUT2D eigenvalue weighted by atomic mass is 9.93. The van der Waals surface area contributed by atoms with Crippen LogP contribution in [0.25, 0.3) is 0 Å². The zero-order valence-electron chi connectivity index (χ0n) is 13.6. The van der Waals surface area contributed by atoms with E-state index >= 15 is 0 Å². The number of nitrogens with one attached hydrogen (secondary N) is 1. The fraction of sp³-hybridized carbons (Fsp3) is 0.938. The molecule has 2 unspecified atom stereocenters. The van der Waals surface area contributed by atoms with Crippen molar-refractivity contribution in [1.82, 2.24) is 10.2 Å². The molecule has 0 saturated heterocycles. The summed E-state index contributed by atoms with van der Waals surface area (Å²) in [5.74, 6) is 0.521. The Hall–Kier alpha value is -0.630. The topological polar surface area (TPSA) is 48.3 Å². The van der Waals surface area contributed by atoms with E-state index in [9.17, 15) is 5.26 Å². The van der Waals surface area contributed by atoms with Crippen molar-refractivity contribution >= 4 is 0 Å². The Morgan fingerprint density at radius 1 is 1.45 bits per heavy atom. The second kappa shape index (κ2) is 8.61. The van der Waals surface area contributed by atoms with Crippen LogP contribution in [0.2, 0.25) is 0 Å². The second-order valence-electron chi connectivity index (χ2n) is 6.00. The Labute approximate surface area is 124 Å². The summed E-state index contributed by atoms with van der Waals surface area (Å²) >= 11 is 0. The minimum absolute atomic E-state index is 0.368. The van der Waals surface area contributed by atoms with E-state index in [0.29, 0.717) is 12.0 Å². The van der Waals surface area contributed by atoms with Gasteiger partial charge in [0.05, 0.1) is 12.7 Å². The van der Waals surface area contributed by atoms with Crippen LogP contribution < -0.4 is 5.32 Å². The number of rotatable bonds is 11. The molecule has 1 rings (SSSR count). The molecule has 0 amide bonds. The van der Waals surface area contributed by atoms with Crippen LogP contribution >= 0.6 is 0 Å². The Morgan fingerprint density at radius 2 is 2.15 bits per heavy atom. The molecule has 2 atom stereocenters. The number of ether oxygens (including phenoxy) is 1. The zero-order chi connectivity index (χ0) is 15.0. The molecular weight excluding hydrogens is 250 g/mol. The molecule has 1 saturated carbocycles. The first-order valence-corrected chi connectivity index (χ1v) is 8.02. The summed E-state index contributed by atoms with van der Waals surface area (Å²) in [5.41, 5.74) is -0.368. The third kappa shape index (κ3) is 4.73. The van der Waals surface area contributed by atoms with Crippen molar-refractivity contribution in [3.63, 3.8) is 0 Å². The average molecular weight is 281 g/mol. The smallest absolute Gasteiger partial charge is 0.122 e. The summed E-state index contributed by atoms with van der Waals surface area (Å²) in [5, 5.41) is 13.3. The Kier molecular flexibility index (Phi) is 7.50. The molecule has 0 aromatic rings. The highest BCUT2D eigenvalue weighted by Gasteiger charge is 2.46. The van der Waals surface area contributed by atoms with Gasteiger partial charge in [-0.25, -0.2) is 0 Å². The summed E-state index contributed by atoms with van der Waals surface area (Å²) in [6.45, 7) is 9.95. The number of methoxy groups -OCH3 is 1. The molecular formula is C16H31N3O. The molecule has 0 radical (unpaired) electrons. The molecule has 116 valence electrons. The minimum Gasteiger partial charge on any atom is -0.383 e. The first-order chi connectivity index (χ1) is 9.63. The first-order valence-electron chi connectivity index (χ1n) is 8.02. The molecule has 4 nitrogen and oxygen atoms in total. The van der Waals surface area contributed by atoms with Crippen LogP contribution in [0.1, 0.15) is 46.5 Å². The summed E-state index contributed by atoms with van der Waals surface area (Å²) in [4.78, 5) is 2.41. The Bertz CT molecular complexity index is 311. The van der Waals surface area contributed by atoms with Gasteiger partial charge in [-0.1, -0.05) is 13.8 Å². The van der Waals surface area contributed by atoms with E-state index in [1.807, 2.05) is 0 Å². The van der Waals surface area contributed by atoms with Crippen LogP contribution in [0.5, 0.6) is 0 Å². The maximum Gasteiger partial charge on any atom is 0.122 e. The highest BCUT2D eigenvalue weighted by Crippen LogP contribution is 2.40. The van der Waals surface area contributed by atoms with Gasteiger partial charge in [-0.15, -0.1) is 0 Å². The van der Waals surface area contributed by atoms with E-state index < -0.39 is 0 Å². The van der Waals surface area contributed by atoms with Gasteiger partial charge in [0.25, 0.3) is 0 Å². The third-order valence-corrected chi connectivity index (χ3v) is 4.41. The molecule has 4 heteroatoms. The van der Waals surface area contributed by atoms with Crippen LogP contribution in [0.15, 0.2) is 0 Å². The quantitative estimate of drug-likeness (QED) is 0.632. The van der Waals surface area contributed by atoms with Gasteiger partial charge in [0.1, 0.15) is 5.54 Å². The van der Waals surface area contributed by atoms with Crippen LogP contribution in [-0.4, -0.2) is 49.8 Å². The van der Waals surface area contributed by atoms with Crippen molar-refractivity contribution in [3.8, 4) is 6.07 Å². The molecule has 1 aliphatic carbocycles. The fourth-order valence-electron chi connectivity index (χ4n) is 2.66. The minimum atomic E-state index is -0.368. The number of hydrogen-bond donors (Lipinski definition) is 1. The van der Waals surface area contributed by atoms with Crippen molar-refractivity contribution in [2.45, 2.75) is 58.0 Å². The Balaban J connectivity index is 2.75. The van der Waals surface area contributed by atoms with Gasteiger partial charge in [0.15, 0.2) is 0 Å². The van der Waals surface area contributed by atoms with E-state index in [4.69, 9.17) is 4.74 Å². The molecule has 1 N–H and O–H groups in total. The van der Waals surface area contributed by atoms with E-state index in [1.165, 1.54) is 12.8 Å². The zero-order valence-corrected chi connectivity index (χ0v) is 13.6. The van der Waals surface area contributed by atoms with Crippen molar-refractivity contribution < 1.29 is 4.74 Å². The van der Waals surface area contributed by atoms with Crippen molar-refractivity contribution in [2.24, 2.45) is 5.92 Å². The van der Waals surface area contributed by atoms with Crippen LogP contribution in [0, 0.1) is 17.2 Å². The summed E-state index contributed by atoms with van der Waals surface area (Å²) in [7, 11) is 1.74. The number of nitriles is 1. The molecule has 1 aliphatic rings. The van der Waals surface area contributed by atoms with E-state index in [2.05, 4.69) is 37.1 Å². The number of nitrogens with zero attached hydrogens (tertiary/aromatic N) is 2. The standard InChI is InChI=1S/C16H31N3O/c1-5-9-18-16(12-17,15-7-8-15)13-19(10-11-20-4)14(3)6-2/h14-15,18H,5-11,13H2,1-4H3. The largest absolute Gasteiger partial charge is 0.383 e. The van der Waals surface area contributed by atoms with E-state index in [1.54, 1.807) is 7.11 Å². The maximum atomic E-state index is 9.77. The van der Waals surface area contributed by atoms with Crippen LogP contribution in [0.4, 0.5) is 0 Å². The SMILES string of the molecule is CCCNC(C#N)(CN(CCOC)C(C)CC)C1CC1.